The number of piperidine rings is 1. The molecule has 1 unspecified atom stereocenters. The highest BCUT2D eigenvalue weighted by molar-refractivity contribution is 5.23. The Kier molecular flexibility index (Phi) is 5.18. The minimum Gasteiger partial charge on any atom is -0.490 e. The van der Waals surface area contributed by atoms with Crippen molar-refractivity contribution in [2.75, 3.05) is 19.7 Å². The van der Waals surface area contributed by atoms with Crippen LogP contribution in [0.5, 0.6) is 5.75 Å². The van der Waals surface area contributed by atoms with E-state index >= 15 is 0 Å². The van der Waals surface area contributed by atoms with Crippen LogP contribution in [0.4, 0.5) is 4.39 Å². The van der Waals surface area contributed by atoms with Crippen molar-refractivity contribution in [3.63, 3.8) is 0 Å². The van der Waals surface area contributed by atoms with Gasteiger partial charge < -0.3 is 4.74 Å². The van der Waals surface area contributed by atoms with Gasteiger partial charge in [-0.15, -0.1) is 0 Å². The summed E-state index contributed by atoms with van der Waals surface area (Å²) in [5, 5.41) is 0. The Morgan fingerprint density at radius 1 is 1.26 bits per heavy atom. The first-order chi connectivity index (χ1) is 11.2. The highest BCUT2D eigenvalue weighted by Crippen LogP contribution is 2.21. The summed E-state index contributed by atoms with van der Waals surface area (Å²) < 4.78 is 19.3. The number of ether oxygens (including phenoxy) is 1. The molecule has 0 spiro atoms. The smallest absolute Gasteiger partial charge is 0.165 e. The lowest BCUT2D eigenvalue weighted by Crippen LogP contribution is -2.37. The summed E-state index contributed by atoms with van der Waals surface area (Å²) in [5.74, 6) is 0.464. The van der Waals surface area contributed by atoms with Crippen molar-refractivity contribution in [1.29, 1.82) is 0 Å². The quantitative estimate of drug-likeness (QED) is 0.849. The first-order valence-electron chi connectivity index (χ1n) is 8.08. The molecular weight excluding hydrogens is 293 g/mol. The Bertz CT molecular complexity index is 632. The van der Waals surface area contributed by atoms with Gasteiger partial charge in [0.05, 0.1) is 18.0 Å². The number of aromatic nitrogens is 2. The fourth-order valence-electron chi connectivity index (χ4n) is 2.93. The number of likely N-dealkylation sites (tertiary alicyclic amines) is 1. The summed E-state index contributed by atoms with van der Waals surface area (Å²) in [5.41, 5.74) is 1.93. The van der Waals surface area contributed by atoms with E-state index in [2.05, 4.69) is 14.9 Å². The molecule has 2 heterocycles. The molecule has 0 saturated carbocycles. The number of rotatable bonds is 5. The number of hydrogen-bond acceptors (Lipinski definition) is 4. The van der Waals surface area contributed by atoms with Crippen molar-refractivity contribution in [1.82, 2.24) is 14.9 Å². The van der Waals surface area contributed by atoms with Gasteiger partial charge in [0.25, 0.3) is 0 Å². The first kappa shape index (κ1) is 15.9. The van der Waals surface area contributed by atoms with Gasteiger partial charge in [0.1, 0.15) is 0 Å². The summed E-state index contributed by atoms with van der Waals surface area (Å²) in [4.78, 5) is 11.1. The Labute approximate surface area is 136 Å². The van der Waals surface area contributed by atoms with Crippen LogP contribution in [0.3, 0.4) is 0 Å². The van der Waals surface area contributed by atoms with Gasteiger partial charge in [-0.2, -0.15) is 0 Å². The van der Waals surface area contributed by atoms with E-state index in [9.17, 15) is 4.39 Å². The largest absolute Gasteiger partial charge is 0.490 e. The highest BCUT2D eigenvalue weighted by Gasteiger charge is 2.21. The molecule has 1 saturated heterocycles. The third kappa shape index (κ3) is 4.48. The maximum Gasteiger partial charge on any atom is 0.165 e. The molecule has 1 aromatic heterocycles. The van der Waals surface area contributed by atoms with Gasteiger partial charge >= 0.3 is 0 Å². The van der Waals surface area contributed by atoms with Crippen LogP contribution in [0.1, 0.15) is 24.2 Å². The molecule has 0 bridgehead atoms. The molecule has 1 fully saturated rings. The number of aryl methyl sites for hydroxylation is 1. The molecule has 1 aromatic carbocycles. The number of nitrogens with zero attached hydrogens (tertiary/aromatic N) is 3. The molecular formula is C18H22FN3O. The molecule has 3 rings (SSSR count). The predicted octanol–water partition coefficient (Wildman–Crippen LogP) is 3.22. The zero-order valence-corrected chi connectivity index (χ0v) is 13.4. The third-order valence-corrected chi connectivity index (χ3v) is 4.13. The van der Waals surface area contributed by atoms with Crippen molar-refractivity contribution >= 4 is 0 Å². The molecule has 1 atom stereocenters. The zero-order valence-electron chi connectivity index (χ0n) is 13.4. The summed E-state index contributed by atoms with van der Waals surface area (Å²) in [6.07, 6.45) is 5.89. The lowest BCUT2D eigenvalue weighted by atomic mass is 9.99. The van der Waals surface area contributed by atoms with Gasteiger partial charge in [0.15, 0.2) is 11.6 Å². The van der Waals surface area contributed by atoms with E-state index in [4.69, 9.17) is 4.74 Å². The van der Waals surface area contributed by atoms with Gasteiger partial charge in [-0.3, -0.25) is 14.9 Å². The third-order valence-electron chi connectivity index (χ3n) is 4.13. The van der Waals surface area contributed by atoms with Gasteiger partial charge in [-0.05, 0) is 38.4 Å². The predicted molar refractivity (Wildman–Crippen MR) is 86.7 cm³/mol. The van der Waals surface area contributed by atoms with Crippen LogP contribution in [0.25, 0.3) is 0 Å². The van der Waals surface area contributed by atoms with Crippen LogP contribution in [-0.4, -0.2) is 34.6 Å². The molecule has 5 heteroatoms. The van der Waals surface area contributed by atoms with E-state index in [1.807, 2.05) is 13.1 Å². The SMILES string of the molecule is Cc1cnc(CN2CCCC(COc3ccccc3F)C2)cn1. The molecule has 0 aliphatic carbocycles. The Morgan fingerprint density at radius 3 is 2.91 bits per heavy atom. The van der Waals surface area contributed by atoms with Crippen molar-refractivity contribution in [3.05, 3.63) is 53.9 Å². The minimum absolute atomic E-state index is 0.296. The van der Waals surface area contributed by atoms with Crippen molar-refractivity contribution in [3.8, 4) is 5.75 Å². The number of halogens is 1. The molecule has 0 radical (unpaired) electrons. The number of hydrogen-bond donors (Lipinski definition) is 0. The first-order valence-corrected chi connectivity index (χ1v) is 8.08. The van der Waals surface area contributed by atoms with Crippen LogP contribution < -0.4 is 4.74 Å². The normalized spacial score (nSPS) is 18.8. The van der Waals surface area contributed by atoms with Crippen LogP contribution in [-0.2, 0) is 6.54 Å². The number of benzene rings is 1. The topological polar surface area (TPSA) is 38.2 Å². The summed E-state index contributed by atoms with van der Waals surface area (Å²) in [6, 6.07) is 6.57. The van der Waals surface area contributed by atoms with E-state index in [0.717, 1.165) is 43.9 Å². The van der Waals surface area contributed by atoms with Crippen LogP contribution in [0, 0.1) is 18.7 Å². The summed E-state index contributed by atoms with van der Waals surface area (Å²) >= 11 is 0. The van der Waals surface area contributed by atoms with Gasteiger partial charge in [-0.1, -0.05) is 12.1 Å². The van der Waals surface area contributed by atoms with Crippen molar-refractivity contribution in [2.24, 2.45) is 5.92 Å². The minimum atomic E-state index is -0.296. The second-order valence-electron chi connectivity index (χ2n) is 6.13. The molecule has 1 aliphatic heterocycles. The second kappa shape index (κ2) is 7.51. The maximum atomic E-state index is 13.6. The Morgan fingerprint density at radius 2 is 2.13 bits per heavy atom. The van der Waals surface area contributed by atoms with Crippen LogP contribution in [0.15, 0.2) is 36.7 Å². The molecule has 4 nitrogen and oxygen atoms in total. The highest BCUT2D eigenvalue weighted by atomic mass is 19.1. The fraction of sp³-hybridized carbons (Fsp3) is 0.444. The van der Waals surface area contributed by atoms with Gasteiger partial charge in [0.2, 0.25) is 0 Å². The molecule has 0 N–H and O–H groups in total. The van der Waals surface area contributed by atoms with Crippen LogP contribution >= 0.6 is 0 Å². The number of para-hydroxylation sites is 1. The van der Waals surface area contributed by atoms with E-state index in [1.54, 1.807) is 24.4 Å². The molecule has 1 aliphatic rings. The average molecular weight is 315 g/mol. The maximum absolute atomic E-state index is 13.6. The Hall–Kier alpha value is -2.01. The monoisotopic (exact) mass is 315 g/mol. The van der Waals surface area contributed by atoms with Crippen molar-refractivity contribution in [2.45, 2.75) is 26.3 Å². The van der Waals surface area contributed by atoms with Crippen molar-refractivity contribution < 1.29 is 9.13 Å². The zero-order chi connectivity index (χ0) is 16.1. The molecule has 2 aromatic rings. The summed E-state index contributed by atoms with van der Waals surface area (Å²) in [7, 11) is 0. The molecule has 23 heavy (non-hydrogen) atoms. The van der Waals surface area contributed by atoms with E-state index < -0.39 is 0 Å². The van der Waals surface area contributed by atoms with Crippen LogP contribution in [0.2, 0.25) is 0 Å². The molecule has 0 amide bonds. The average Bonchev–Trinajstić information content (AvgIpc) is 2.57. The lowest BCUT2D eigenvalue weighted by Gasteiger charge is -2.32. The fourth-order valence-corrected chi connectivity index (χ4v) is 2.93. The Balaban J connectivity index is 1.52. The standard InChI is InChI=1S/C18H22FN3O/c1-14-9-21-16(10-20-14)12-22-8-4-5-15(11-22)13-23-18-7-3-2-6-17(18)19/h2-3,6-7,9-10,15H,4-5,8,11-13H2,1H3. The van der Waals surface area contributed by atoms with E-state index in [1.165, 1.54) is 6.07 Å². The van der Waals surface area contributed by atoms with E-state index in [0.29, 0.717) is 18.3 Å². The second-order valence-corrected chi connectivity index (χ2v) is 6.13. The van der Waals surface area contributed by atoms with Gasteiger partial charge in [-0.25, -0.2) is 4.39 Å². The summed E-state index contributed by atoms with van der Waals surface area (Å²) in [6.45, 7) is 5.31. The lowest BCUT2D eigenvalue weighted by molar-refractivity contribution is 0.122. The van der Waals surface area contributed by atoms with E-state index in [-0.39, 0.29) is 5.82 Å². The van der Waals surface area contributed by atoms with Gasteiger partial charge in [0, 0.05) is 31.4 Å². The molecule has 122 valence electrons.